The summed E-state index contributed by atoms with van der Waals surface area (Å²) in [6.07, 6.45) is 0.951. The van der Waals surface area contributed by atoms with Gasteiger partial charge in [-0.05, 0) is 36.1 Å². The standard InChI is InChI=1S/C34H36N4O3/c1-37(33(39)35-31-18-10-8-16-29(31)26-12-4-2-5-13-26)24-25-38-22-20-28(21-23-38)41-34(40)36-32-19-11-9-17-30(32)27-14-6-3-7-15-27/h2-19,28H,20-25H2,1H3,(H,35,39)(H,36,40). The van der Waals surface area contributed by atoms with Gasteiger partial charge in [-0.1, -0.05) is 97.1 Å². The average molecular weight is 549 g/mol. The third kappa shape index (κ3) is 7.52. The van der Waals surface area contributed by atoms with E-state index in [-0.39, 0.29) is 12.1 Å². The number of hydrogen-bond donors (Lipinski definition) is 2. The van der Waals surface area contributed by atoms with E-state index in [0.717, 1.165) is 66.1 Å². The Morgan fingerprint density at radius 2 is 1.22 bits per heavy atom. The Kier molecular flexibility index (Phi) is 9.29. The predicted molar refractivity (Wildman–Crippen MR) is 165 cm³/mol. The van der Waals surface area contributed by atoms with E-state index in [4.69, 9.17) is 4.74 Å². The van der Waals surface area contributed by atoms with E-state index in [1.807, 2.05) is 116 Å². The van der Waals surface area contributed by atoms with Crippen LogP contribution in [-0.2, 0) is 4.74 Å². The molecule has 0 atom stereocenters. The molecule has 0 bridgehead atoms. The molecule has 0 aromatic heterocycles. The van der Waals surface area contributed by atoms with E-state index in [1.54, 1.807) is 4.90 Å². The Morgan fingerprint density at radius 3 is 1.78 bits per heavy atom. The van der Waals surface area contributed by atoms with Crippen LogP contribution in [0.3, 0.4) is 0 Å². The molecule has 7 heteroatoms. The van der Waals surface area contributed by atoms with Gasteiger partial charge < -0.3 is 19.9 Å². The number of nitrogens with one attached hydrogen (secondary N) is 2. The number of likely N-dealkylation sites (N-methyl/N-ethyl adjacent to an activating group) is 1. The normalized spacial score (nSPS) is 13.8. The number of anilines is 2. The van der Waals surface area contributed by atoms with Crippen LogP contribution in [0.15, 0.2) is 109 Å². The van der Waals surface area contributed by atoms with Gasteiger partial charge in [0.25, 0.3) is 0 Å². The molecule has 7 nitrogen and oxygen atoms in total. The molecule has 1 aliphatic rings. The Hall–Kier alpha value is -4.62. The molecule has 1 heterocycles. The maximum atomic E-state index is 12.9. The number of urea groups is 1. The zero-order chi connectivity index (χ0) is 28.4. The Morgan fingerprint density at radius 1 is 0.732 bits per heavy atom. The van der Waals surface area contributed by atoms with Gasteiger partial charge in [0.1, 0.15) is 6.10 Å². The summed E-state index contributed by atoms with van der Waals surface area (Å²) in [5.74, 6) is 0. The first kappa shape index (κ1) is 27.9. The molecule has 0 saturated carbocycles. The van der Waals surface area contributed by atoms with E-state index in [2.05, 4.69) is 15.5 Å². The fourth-order valence-corrected chi connectivity index (χ4v) is 5.07. The lowest BCUT2D eigenvalue weighted by Gasteiger charge is -2.32. The number of carbonyl (C=O) groups excluding carboxylic acids is 2. The van der Waals surface area contributed by atoms with Crippen molar-refractivity contribution in [2.75, 3.05) is 43.9 Å². The fourth-order valence-electron chi connectivity index (χ4n) is 5.07. The van der Waals surface area contributed by atoms with Crippen LogP contribution in [0.2, 0.25) is 0 Å². The zero-order valence-electron chi connectivity index (χ0n) is 23.3. The number of para-hydroxylation sites is 2. The molecule has 41 heavy (non-hydrogen) atoms. The van der Waals surface area contributed by atoms with Gasteiger partial charge in [-0.3, -0.25) is 5.32 Å². The van der Waals surface area contributed by atoms with Crippen molar-refractivity contribution in [2.24, 2.45) is 0 Å². The lowest BCUT2D eigenvalue weighted by Crippen LogP contribution is -2.43. The number of likely N-dealkylation sites (tertiary alicyclic amines) is 1. The van der Waals surface area contributed by atoms with Crippen LogP contribution >= 0.6 is 0 Å². The highest BCUT2D eigenvalue weighted by Gasteiger charge is 2.23. The van der Waals surface area contributed by atoms with Gasteiger partial charge >= 0.3 is 12.1 Å². The van der Waals surface area contributed by atoms with Gasteiger partial charge in [-0.2, -0.15) is 0 Å². The van der Waals surface area contributed by atoms with Gasteiger partial charge in [0, 0.05) is 44.4 Å². The molecule has 4 aromatic carbocycles. The minimum Gasteiger partial charge on any atom is -0.446 e. The number of piperidine rings is 1. The van der Waals surface area contributed by atoms with Crippen molar-refractivity contribution in [3.05, 3.63) is 109 Å². The summed E-state index contributed by atoms with van der Waals surface area (Å²) in [7, 11) is 1.81. The highest BCUT2D eigenvalue weighted by atomic mass is 16.6. The summed E-state index contributed by atoms with van der Waals surface area (Å²) < 4.78 is 5.76. The summed E-state index contributed by atoms with van der Waals surface area (Å²) in [4.78, 5) is 29.7. The molecule has 1 aliphatic heterocycles. The topological polar surface area (TPSA) is 73.9 Å². The summed E-state index contributed by atoms with van der Waals surface area (Å²) >= 11 is 0. The average Bonchev–Trinajstić information content (AvgIpc) is 3.02. The van der Waals surface area contributed by atoms with Crippen molar-refractivity contribution in [1.29, 1.82) is 0 Å². The van der Waals surface area contributed by atoms with Crippen LogP contribution in [0.5, 0.6) is 0 Å². The molecule has 0 unspecified atom stereocenters. The predicted octanol–water partition coefficient (Wildman–Crippen LogP) is 7.20. The molecule has 4 aromatic rings. The summed E-state index contributed by atoms with van der Waals surface area (Å²) in [6, 6.07) is 35.4. The second-order valence-corrected chi connectivity index (χ2v) is 10.2. The highest BCUT2D eigenvalue weighted by Crippen LogP contribution is 2.29. The second-order valence-electron chi connectivity index (χ2n) is 10.2. The molecule has 0 aliphatic carbocycles. The van der Waals surface area contributed by atoms with Crippen molar-refractivity contribution in [1.82, 2.24) is 9.80 Å². The lowest BCUT2D eigenvalue weighted by molar-refractivity contribution is 0.0574. The SMILES string of the molecule is CN(CCN1CCC(OC(=O)Nc2ccccc2-c2ccccc2)CC1)C(=O)Nc1ccccc1-c1ccccc1. The molecule has 1 fully saturated rings. The monoisotopic (exact) mass is 548 g/mol. The van der Waals surface area contributed by atoms with Crippen molar-refractivity contribution in [3.8, 4) is 22.3 Å². The number of ether oxygens (including phenoxy) is 1. The van der Waals surface area contributed by atoms with Crippen molar-refractivity contribution in [3.63, 3.8) is 0 Å². The maximum Gasteiger partial charge on any atom is 0.411 e. The van der Waals surface area contributed by atoms with Gasteiger partial charge in [-0.15, -0.1) is 0 Å². The van der Waals surface area contributed by atoms with Crippen molar-refractivity contribution < 1.29 is 14.3 Å². The van der Waals surface area contributed by atoms with E-state index in [9.17, 15) is 9.59 Å². The molecule has 1 saturated heterocycles. The van der Waals surface area contributed by atoms with E-state index in [1.165, 1.54) is 0 Å². The second kappa shape index (κ2) is 13.6. The van der Waals surface area contributed by atoms with Gasteiger partial charge in [-0.25, -0.2) is 9.59 Å². The minimum absolute atomic E-state index is 0.134. The first-order valence-corrected chi connectivity index (χ1v) is 14.1. The number of nitrogens with zero attached hydrogens (tertiary/aromatic N) is 2. The smallest absolute Gasteiger partial charge is 0.411 e. The highest BCUT2D eigenvalue weighted by molar-refractivity contribution is 5.94. The number of amides is 3. The van der Waals surface area contributed by atoms with Crippen LogP contribution in [0.1, 0.15) is 12.8 Å². The van der Waals surface area contributed by atoms with E-state index in [0.29, 0.717) is 6.54 Å². The fraction of sp³-hybridized carbons (Fsp3) is 0.235. The molecule has 5 rings (SSSR count). The first-order valence-electron chi connectivity index (χ1n) is 14.1. The van der Waals surface area contributed by atoms with Crippen LogP contribution in [0.25, 0.3) is 22.3 Å². The molecule has 2 N–H and O–H groups in total. The molecular formula is C34H36N4O3. The third-order valence-corrected chi connectivity index (χ3v) is 7.41. The summed E-state index contributed by atoms with van der Waals surface area (Å²) in [5.41, 5.74) is 5.56. The first-order chi connectivity index (χ1) is 20.1. The molecule has 0 spiro atoms. The Bertz CT molecular complexity index is 1440. The molecule has 210 valence electrons. The van der Waals surface area contributed by atoms with Crippen LogP contribution in [0.4, 0.5) is 21.0 Å². The quantitative estimate of drug-likeness (QED) is 0.244. The Labute approximate surface area is 241 Å². The van der Waals surface area contributed by atoms with Crippen LogP contribution in [0, 0.1) is 0 Å². The molecule has 0 radical (unpaired) electrons. The zero-order valence-corrected chi connectivity index (χ0v) is 23.3. The van der Waals surface area contributed by atoms with Crippen LogP contribution < -0.4 is 10.6 Å². The molecule has 3 amide bonds. The number of benzene rings is 4. The lowest BCUT2D eigenvalue weighted by atomic mass is 10.0. The summed E-state index contributed by atoms with van der Waals surface area (Å²) in [6.45, 7) is 2.98. The minimum atomic E-state index is -0.431. The van der Waals surface area contributed by atoms with Crippen molar-refractivity contribution in [2.45, 2.75) is 18.9 Å². The van der Waals surface area contributed by atoms with Crippen LogP contribution in [-0.4, -0.2) is 61.3 Å². The van der Waals surface area contributed by atoms with Gasteiger partial charge in [0.2, 0.25) is 0 Å². The number of carbonyl (C=O) groups is 2. The number of hydrogen-bond acceptors (Lipinski definition) is 4. The van der Waals surface area contributed by atoms with Crippen molar-refractivity contribution >= 4 is 23.5 Å². The Balaban J connectivity index is 1.06. The number of rotatable bonds is 8. The van der Waals surface area contributed by atoms with Gasteiger partial charge in [0.05, 0.1) is 11.4 Å². The van der Waals surface area contributed by atoms with Gasteiger partial charge in [0.15, 0.2) is 0 Å². The largest absolute Gasteiger partial charge is 0.446 e. The maximum absolute atomic E-state index is 12.9. The third-order valence-electron chi connectivity index (χ3n) is 7.41. The summed E-state index contributed by atoms with van der Waals surface area (Å²) in [5, 5.41) is 5.99. The van der Waals surface area contributed by atoms with E-state index < -0.39 is 6.09 Å². The molecular weight excluding hydrogens is 512 g/mol. The van der Waals surface area contributed by atoms with E-state index >= 15 is 0 Å².